The molecule has 3 aliphatic rings. The number of esters is 3. The number of alkyl halides is 2. The van der Waals surface area contributed by atoms with Crippen molar-refractivity contribution in [3.8, 4) is 0 Å². The molecule has 0 saturated carbocycles. The molecule has 3 rings (SSSR count). The minimum absolute atomic E-state index is 0.198. The molecule has 14 heteroatoms. The van der Waals surface area contributed by atoms with Crippen molar-refractivity contribution in [2.75, 3.05) is 26.4 Å². The van der Waals surface area contributed by atoms with E-state index in [1.807, 2.05) is 0 Å². The number of ether oxygens (including phenoxy) is 4. The van der Waals surface area contributed by atoms with E-state index in [0.29, 0.717) is 0 Å². The van der Waals surface area contributed by atoms with Crippen molar-refractivity contribution in [2.24, 2.45) is 17.3 Å². The summed E-state index contributed by atoms with van der Waals surface area (Å²) in [6.45, 7) is 9.45. The van der Waals surface area contributed by atoms with Gasteiger partial charge in [-0.2, -0.15) is 0 Å². The van der Waals surface area contributed by atoms with Gasteiger partial charge in [0.05, 0.1) is 29.5 Å². The van der Waals surface area contributed by atoms with Crippen LogP contribution in [0.1, 0.15) is 54.9 Å². The average Bonchev–Trinajstić information content (AvgIpc) is 3.55. The van der Waals surface area contributed by atoms with Crippen LogP contribution in [0, 0.1) is 17.3 Å². The lowest BCUT2D eigenvalue weighted by molar-refractivity contribution is -0.164. The number of rotatable bonds is 12. The number of imide groups is 1. The summed E-state index contributed by atoms with van der Waals surface area (Å²) >= 11 is 6.45. The minimum atomic E-state index is -1.69. The highest BCUT2D eigenvalue weighted by Gasteiger charge is 2.60. The summed E-state index contributed by atoms with van der Waals surface area (Å²) in [5.74, 6) is -4.63. The SMILES string of the molecule is CC(C)(C)C(=O)OCC(COC(=O)C(C)(C)Br)(COC(=O)C(C)(C)Br)NC(=O)CCN1C(=O)[C@@H]2C3C=CC(O3)[C@@H]2C1=O. The van der Waals surface area contributed by atoms with Gasteiger partial charge >= 0.3 is 17.9 Å². The standard InChI is InChI=1S/C28H38Br2N2O10/c1-25(2,3)22(36)39-12-28(13-40-23(37)26(4,5)29,14-41-24(38)27(6,7)30)31-17(33)10-11-32-20(34)18-15-8-9-16(42-15)19(18)21(32)35/h8-9,15-16,18-19H,10-14H2,1-7H3,(H,31,33)/t15?,16?,18-,19+. The molecule has 0 aromatic rings. The smallest absolute Gasteiger partial charge is 0.322 e. The fraction of sp³-hybridized carbons (Fsp3) is 0.714. The number of nitrogens with one attached hydrogen (secondary N) is 1. The molecule has 2 unspecified atom stereocenters. The van der Waals surface area contributed by atoms with Gasteiger partial charge in [0.25, 0.3) is 0 Å². The van der Waals surface area contributed by atoms with E-state index < -0.39 is 99.1 Å². The van der Waals surface area contributed by atoms with Gasteiger partial charge < -0.3 is 24.3 Å². The van der Waals surface area contributed by atoms with Crippen molar-refractivity contribution in [3.63, 3.8) is 0 Å². The Bertz CT molecular complexity index is 1060. The number of amides is 3. The van der Waals surface area contributed by atoms with Crippen LogP contribution in [-0.4, -0.2) is 93.3 Å². The van der Waals surface area contributed by atoms with Crippen molar-refractivity contribution in [1.82, 2.24) is 10.2 Å². The molecule has 0 aliphatic carbocycles. The zero-order valence-electron chi connectivity index (χ0n) is 24.8. The van der Waals surface area contributed by atoms with Gasteiger partial charge in [-0.3, -0.25) is 33.7 Å². The summed E-state index contributed by atoms with van der Waals surface area (Å²) in [6, 6.07) is 0. The number of carbonyl (C=O) groups excluding carboxylic acids is 6. The maximum Gasteiger partial charge on any atom is 0.322 e. The maximum atomic E-state index is 13.3. The molecule has 2 fully saturated rings. The highest BCUT2D eigenvalue weighted by atomic mass is 79.9. The van der Waals surface area contributed by atoms with E-state index in [9.17, 15) is 28.8 Å². The fourth-order valence-corrected chi connectivity index (χ4v) is 4.79. The first-order valence-corrected chi connectivity index (χ1v) is 15.1. The van der Waals surface area contributed by atoms with Crippen molar-refractivity contribution >= 4 is 67.5 Å². The Morgan fingerprint density at radius 1 is 0.786 bits per heavy atom. The van der Waals surface area contributed by atoms with Crippen LogP contribution in [0.15, 0.2) is 12.2 Å². The molecule has 0 radical (unpaired) electrons. The van der Waals surface area contributed by atoms with E-state index >= 15 is 0 Å². The van der Waals surface area contributed by atoms with Crippen LogP contribution >= 0.6 is 31.9 Å². The number of hydrogen-bond acceptors (Lipinski definition) is 10. The number of fused-ring (bicyclic) bond motifs is 5. The van der Waals surface area contributed by atoms with Crippen molar-refractivity contribution in [3.05, 3.63) is 12.2 Å². The molecule has 1 N–H and O–H groups in total. The summed E-state index contributed by atoms with van der Waals surface area (Å²) in [4.78, 5) is 78.2. The number of halogens is 2. The lowest BCUT2D eigenvalue weighted by Crippen LogP contribution is -2.60. The topological polar surface area (TPSA) is 155 Å². The molecule has 3 heterocycles. The van der Waals surface area contributed by atoms with Crippen molar-refractivity contribution in [2.45, 2.75) is 81.3 Å². The molecule has 3 amide bonds. The molecule has 2 saturated heterocycles. The van der Waals surface area contributed by atoms with Gasteiger partial charge in [0.1, 0.15) is 34.0 Å². The van der Waals surface area contributed by atoms with Gasteiger partial charge in [-0.25, -0.2) is 0 Å². The van der Waals surface area contributed by atoms with Crippen LogP contribution in [0.3, 0.4) is 0 Å². The third-order valence-corrected chi connectivity index (χ3v) is 7.64. The Kier molecular flexibility index (Phi) is 10.0. The van der Waals surface area contributed by atoms with Crippen molar-refractivity contribution < 1.29 is 47.7 Å². The fourth-order valence-electron chi connectivity index (χ4n) is 4.56. The summed E-state index contributed by atoms with van der Waals surface area (Å²) in [7, 11) is 0. The zero-order chi connectivity index (χ0) is 31.8. The van der Waals surface area contributed by atoms with Gasteiger partial charge in [0.2, 0.25) is 17.7 Å². The number of carbonyl (C=O) groups is 6. The van der Waals surface area contributed by atoms with E-state index in [1.54, 1.807) is 60.6 Å². The molecule has 42 heavy (non-hydrogen) atoms. The van der Waals surface area contributed by atoms with Gasteiger partial charge in [-0.15, -0.1) is 0 Å². The monoisotopic (exact) mass is 720 g/mol. The molecule has 3 aliphatic heterocycles. The Labute approximate surface area is 261 Å². The van der Waals surface area contributed by atoms with E-state index in [1.165, 1.54) is 0 Å². The lowest BCUT2D eigenvalue weighted by Gasteiger charge is -2.35. The van der Waals surface area contributed by atoms with Gasteiger partial charge in [-0.1, -0.05) is 44.0 Å². The predicted octanol–water partition coefficient (Wildman–Crippen LogP) is 2.19. The highest BCUT2D eigenvalue weighted by Crippen LogP contribution is 2.45. The van der Waals surface area contributed by atoms with E-state index in [-0.39, 0.29) is 13.0 Å². The average molecular weight is 722 g/mol. The Balaban J connectivity index is 1.79. The predicted molar refractivity (Wildman–Crippen MR) is 155 cm³/mol. The summed E-state index contributed by atoms with van der Waals surface area (Å²) in [6.07, 6.45) is 2.33. The summed E-state index contributed by atoms with van der Waals surface area (Å²) in [5.41, 5.74) is -2.59. The van der Waals surface area contributed by atoms with Crippen LogP contribution in [0.25, 0.3) is 0 Å². The van der Waals surface area contributed by atoms with E-state index in [0.717, 1.165) is 4.90 Å². The summed E-state index contributed by atoms with van der Waals surface area (Å²) < 4.78 is 19.9. The van der Waals surface area contributed by atoms with Gasteiger partial charge in [-0.05, 0) is 48.5 Å². The van der Waals surface area contributed by atoms with Crippen molar-refractivity contribution in [1.29, 1.82) is 0 Å². The Morgan fingerprint density at radius 3 is 1.57 bits per heavy atom. The molecule has 12 nitrogen and oxygen atoms in total. The molecule has 0 aromatic heterocycles. The minimum Gasteiger partial charge on any atom is -0.463 e. The second kappa shape index (κ2) is 12.4. The quantitative estimate of drug-likeness (QED) is 0.104. The zero-order valence-corrected chi connectivity index (χ0v) is 28.0. The maximum absolute atomic E-state index is 13.3. The van der Waals surface area contributed by atoms with E-state index in [4.69, 9.17) is 18.9 Å². The van der Waals surface area contributed by atoms with Gasteiger partial charge in [0.15, 0.2) is 0 Å². The number of hydrogen-bond donors (Lipinski definition) is 1. The second-order valence-corrected chi connectivity index (χ2v) is 16.8. The summed E-state index contributed by atoms with van der Waals surface area (Å²) in [5, 5.41) is 2.70. The van der Waals surface area contributed by atoms with Crippen LogP contribution < -0.4 is 5.32 Å². The first kappa shape index (κ1) is 34.2. The van der Waals surface area contributed by atoms with Crippen LogP contribution in [0.5, 0.6) is 0 Å². The normalized spacial score (nSPS) is 23.6. The van der Waals surface area contributed by atoms with E-state index in [2.05, 4.69) is 37.2 Å². The first-order chi connectivity index (χ1) is 19.2. The number of nitrogens with zero attached hydrogens (tertiary/aromatic N) is 1. The Hall–Kier alpha value is -2.32. The molecule has 2 bridgehead atoms. The van der Waals surface area contributed by atoms with Crippen LogP contribution in [0.4, 0.5) is 0 Å². The molecule has 0 aromatic carbocycles. The highest BCUT2D eigenvalue weighted by molar-refractivity contribution is 9.10. The Morgan fingerprint density at radius 2 is 1.19 bits per heavy atom. The third-order valence-electron chi connectivity index (χ3n) is 6.99. The molecular weight excluding hydrogens is 684 g/mol. The third kappa shape index (κ3) is 7.79. The first-order valence-electron chi connectivity index (χ1n) is 13.6. The van der Waals surface area contributed by atoms with Crippen LogP contribution in [-0.2, 0) is 47.7 Å². The molecule has 4 atom stereocenters. The molecule has 234 valence electrons. The number of likely N-dealkylation sites (tertiary alicyclic amines) is 1. The van der Waals surface area contributed by atoms with Crippen LogP contribution in [0.2, 0.25) is 0 Å². The van der Waals surface area contributed by atoms with Gasteiger partial charge in [0, 0.05) is 13.0 Å². The second-order valence-electron chi connectivity index (χ2n) is 12.8. The molecule has 0 spiro atoms. The molecular formula is C28H38Br2N2O10. The lowest BCUT2D eigenvalue weighted by atomic mass is 9.85. The largest absolute Gasteiger partial charge is 0.463 e.